The summed E-state index contributed by atoms with van der Waals surface area (Å²) in [5, 5.41) is 20.4. The lowest BCUT2D eigenvalue weighted by Gasteiger charge is -2.27. The standard InChI is InChI=1S/C12H9BrFN5O2/c1-5-9(11(20)21)10(19-12(15-5)16-17-18-19)7-3-2-6(13)4-8(7)14/h2-4,9-10H,1H3,(H,20,21). The first-order valence-corrected chi connectivity index (χ1v) is 6.79. The van der Waals surface area contributed by atoms with Crippen LogP contribution in [-0.2, 0) is 4.79 Å². The van der Waals surface area contributed by atoms with Gasteiger partial charge in [-0.15, -0.1) is 0 Å². The summed E-state index contributed by atoms with van der Waals surface area (Å²) in [5.41, 5.74) is 0.533. The van der Waals surface area contributed by atoms with E-state index in [4.69, 9.17) is 0 Å². The van der Waals surface area contributed by atoms with Crippen molar-refractivity contribution in [1.29, 1.82) is 0 Å². The monoisotopic (exact) mass is 353 g/mol. The van der Waals surface area contributed by atoms with Crippen molar-refractivity contribution in [2.45, 2.75) is 13.0 Å². The second-order valence-electron chi connectivity index (χ2n) is 4.60. The van der Waals surface area contributed by atoms with E-state index in [1.807, 2.05) is 0 Å². The summed E-state index contributed by atoms with van der Waals surface area (Å²) < 4.78 is 16.1. The van der Waals surface area contributed by atoms with Crippen molar-refractivity contribution in [1.82, 2.24) is 20.2 Å². The molecule has 1 aromatic heterocycles. The number of carbonyl (C=O) groups is 1. The van der Waals surface area contributed by atoms with Crippen molar-refractivity contribution in [3.8, 4) is 0 Å². The summed E-state index contributed by atoms with van der Waals surface area (Å²) in [6, 6.07) is 3.56. The van der Waals surface area contributed by atoms with Crippen LogP contribution >= 0.6 is 15.9 Å². The maximum absolute atomic E-state index is 14.3. The Kier molecular flexibility index (Phi) is 3.28. The fourth-order valence-electron chi connectivity index (χ4n) is 2.41. The smallest absolute Gasteiger partial charge is 0.314 e. The lowest BCUT2D eigenvalue weighted by atomic mass is 9.88. The summed E-state index contributed by atoms with van der Waals surface area (Å²) >= 11 is 3.17. The number of fused-ring (bicyclic) bond motifs is 1. The van der Waals surface area contributed by atoms with Gasteiger partial charge in [0.1, 0.15) is 17.8 Å². The third-order valence-corrected chi connectivity index (χ3v) is 3.82. The number of aliphatic carboxylic acids is 1. The van der Waals surface area contributed by atoms with Gasteiger partial charge in [0.05, 0.1) is 0 Å². The maximum Gasteiger partial charge on any atom is 0.314 e. The molecular formula is C12H9BrFN5O2. The lowest BCUT2D eigenvalue weighted by Crippen LogP contribution is -2.36. The van der Waals surface area contributed by atoms with Crippen molar-refractivity contribution in [3.05, 3.63) is 34.1 Å². The average molecular weight is 354 g/mol. The van der Waals surface area contributed by atoms with Crippen LogP contribution in [0.5, 0.6) is 0 Å². The Balaban J connectivity index is 2.22. The molecule has 2 heterocycles. The Morgan fingerprint density at radius 1 is 1.48 bits per heavy atom. The molecule has 0 saturated heterocycles. The Labute approximate surface area is 126 Å². The zero-order valence-corrected chi connectivity index (χ0v) is 12.3. The number of rotatable bonds is 2. The van der Waals surface area contributed by atoms with Crippen molar-refractivity contribution < 1.29 is 14.3 Å². The number of carboxylic acid groups (broad SMARTS) is 1. The highest BCUT2D eigenvalue weighted by Gasteiger charge is 2.40. The van der Waals surface area contributed by atoms with Crippen LogP contribution in [0.25, 0.3) is 0 Å². The first-order chi connectivity index (χ1) is 9.99. The van der Waals surface area contributed by atoms with E-state index < -0.39 is 23.7 Å². The molecule has 2 unspecified atom stereocenters. The van der Waals surface area contributed by atoms with Crippen molar-refractivity contribution in [2.75, 3.05) is 0 Å². The number of hydrogen-bond donors (Lipinski definition) is 1. The van der Waals surface area contributed by atoms with E-state index in [0.717, 1.165) is 0 Å². The Morgan fingerprint density at radius 2 is 2.24 bits per heavy atom. The normalized spacial score (nSPS) is 20.8. The van der Waals surface area contributed by atoms with Gasteiger partial charge in [0, 0.05) is 15.7 Å². The molecule has 1 aliphatic rings. The predicted octanol–water partition coefficient (Wildman–Crippen LogP) is 1.97. The first kappa shape index (κ1) is 13.8. The summed E-state index contributed by atoms with van der Waals surface area (Å²) in [4.78, 5) is 15.6. The van der Waals surface area contributed by atoms with E-state index in [-0.39, 0.29) is 11.5 Å². The van der Waals surface area contributed by atoms with E-state index in [0.29, 0.717) is 10.2 Å². The molecular weight excluding hydrogens is 345 g/mol. The number of aliphatic imine (C=N–C) groups is 1. The minimum Gasteiger partial charge on any atom is -0.481 e. The van der Waals surface area contributed by atoms with E-state index in [1.54, 1.807) is 13.0 Å². The topological polar surface area (TPSA) is 93.3 Å². The molecule has 3 rings (SSSR count). The van der Waals surface area contributed by atoms with Gasteiger partial charge >= 0.3 is 5.97 Å². The summed E-state index contributed by atoms with van der Waals surface area (Å²) in [6.07, 6.45) is 0. The molecule has 0 fully saturated rings. The van der Waals surface area contributed by atoms with Gasteiger partial charge in [-0.05, 0) is 29.5 Å². The number of nitrogens with zero attached hydrogens (tertiary/aromatic N) is 5. The highest BCUT2D eigenvalue weighted by Crippen LogP contribution is 2.36. The molecule has 1 aromatic carbocycles. The molecule has 0 saturated carbocycles. The fraction of sp³-hybridized carbons (Fsp3) is 0.250. The van der Waals surface area contributed by atoms with Gasteiger partial charge in [0.25, 0.3) is 5.95 Å². The highest BCUT2D eigenvalue weighted by molar-refractivity contribution is 9.10. The van der Waals surface area contributed by atoms with Gasteiger partial charge in [-0.3, -0.25) is 4.79 Å². The van der Waals surface area contributed by atoms with Gasteiger partial charge < -0.3 is 5.11 Å². The summed E-state index contributed by atoms with van der Waals surface area (Å²) in [5.74, 6) is -2.50. The SMILES string of the molecule is CC1=Nc2nnnn2C(c2ccc(Br)cc2F)C1C(=O)O. The average Bonchev–Trinajstić information content (AvgIpc) is 2.84. The van der Waals surface area contributed by atoms with Crippen LogP contribution < -0.4 is 0 Å². The number of hydrogen-bond acceptors (Lipinski definition) is 5. The van der Waals surface area contributed by atoms with Gasteiger partial charge in [0.15, 0.2) is 0 Å². The molecule has 0 aliphatic carbocycles. The fourth-order valence-corrected chi connectivity index (χ4v) is 2.74. The zero-order chi connectivity index (χ0) is 15.1. The zero-order valence-electron chi connectivity index (χ0n) is 10.7. The van der Waals surface area contributed by atoms with Crippen LogP contribution in [-0.4, -0.2) is 37.0 Å². The molecule has 7 nitrogen and oxygen atoms in total. The van der Waals surface area contributed by atoms with Crippen LogP contribution in [0.4, 0.5) is 10.3 Å². The number of tetrazole rings is 1. The molecule has 1 aliphatic heterocycles. The van der Waals surface area contributed by atoms with Crippen LogP contribution in [0.1, 0.15) is 18.5 Å². The Morgan fingerprint density at radius 3 is 2.90 bits per heavy atom. The number of halogens is 2. The molecule has 21 heavy (non-hydrogen) atoms. The van der Waals surface area contributed by atoms with Gasteiger partial charge in [-0.2, -0.15) is 0 Å². The minimum absolute atomic E-state index is 0.164. The van der Waals surface area contributed by atoms with Crippen molar-refractivity contribution >= 4 is 33.6 Å². The summed E-state index contributed by atoms with van der Waals surface area (Å²) in [6.45, 7) is 1.57. The van der Waals surface area contributed by atoms with E-state index >= 15 is 0 Å². The molecule has 0 bridgehead atoms. The molecule has 108 valence electrons. The molecule has 1 N–H and O–H groups in total. The highest BCUT2D eigenvalue weighted by atomic mass is 79.9. The second-order valence-corrected chi connectivity index (χ2v) is 5.52. The molecule has 0 radical (unpaired) electrons. The maximum atomic E-state index is 14.3. The summed E-state index contributed by atoms with van der Waals surface area (Å²) in [7, 11) is 0. The van der Waals surface area contributed by atoms with Crippen LogP contribution in [0.3, 0.4) is 0 Å². The third-order valence-electron chi connectivity index (χ3n) is 3.33. The van der Waals surface area contributed by atoms with Gasteiger partial charge in [-0.25, -0.2) is 14.1 Å². The van der Waals surface area contributed by atoms with E-state index in [9.17, 15) is 14.3 Å². The number of carboxylic acids is 1. The second kappa shape index (κ2) is 4.99. The minimum atomic E-state index is -1.11. The van der Waals surface area contributed by atoms with Crippen molar-refractivity contribution in [3.63, 3.8) is 0 Å². The third kappa shape index (κ3) is 2.23. The molecule has 2 atom stereocenters. The molecule has 2 aromatic rings. The largest absolute Gasteiger partial charge is 0.481 e. The lowest BCUT2D eigenvalue weighted by molar-refractivity contribution is -0.140. The molecule has 0 spiro atoms. The van der Waals surface area contributed by atoms with Crippen LogP contribution in [0, 0.1) is 11.7 Å². The number of benzene rings is 1. The van der Waals surface area contributed by atoms with Gasteiger partial charge in [0.2, 0.25) is 0 Å². The van der Waals surface area contributed by atoms with Crippen molar-refractivity contribution in [2.24, 2.45) is 10.9 Å². The Hall–Kier alpha value is -2.16. The molecule has 9 heteroatoms. The quantitative estimate of drug-likeness (QED) is 0.890. The Bertz CT molecular complexity index is 760. The first-order valence-electron chi connectivity index (χ1n) is 6.00. The van der Waals surface area contributed by atoms with E-state index in [1.165, 1.54) is 16.8 Å². The van der Waals surface area contributed by atoms with Gasteiger partial charge in [-0.1, -0.05) is 27.1 Å². The number of aromatic nitrogens is 4. The van der Waals surface area contributed by atoms with Crippen LogP contribution in [0.15, 0.2) is 27.7 Å². The van der Waals surface area contributed by atoms with Crippen LogP contribution in [0.2, 0.25) is 0 Å². The predicted molar refractivity (Wildman–Crippen MR) is 74.0 cm³/mol. The molecule has 0 amide bonds. The van der Waals surface area contributed by atoms with E-state index in [2.05, 4.69) is 36.4 Å².